The first-order valence-electron chi connectivity index (χ1n) is 4.63. The summed E-state index contributed by atoms with van der Waals surface area (Å²) >= 11 is 0. The normalized spacial score (nSPS) is 13.0. The molecule has 1 heterocycles. The van der Waals surface area contributed by atoms with Gasteiger partial charge in [0.1, 0.15) is 0 Å². The van der Waals surface area contributed by atoms with Gasteiger partial charge in [0.05, 0.1) is 6.20 Å². The van der Waals surface area contributed by atoms with Gasteiger partial charge in [-0.1, -0.05) is 34.6 Å². The van der Waals surface area contributed by atoms with Crippen LogP contribution in [0.5, 0.6) is 0 Å². The highest BCUT2D eigenvalue weighted by molar-refractivity contribution is 5.20. The van der Waals surface area contributed by atoms with Crippen molar-refractivity contribution in [1.29, 1.82) is 0 Å². The summed E-state index contributed by atoms with van der Waals surface area (Å²) in [5.41, 5.74) is 1.61. The van der Waals surface area contributed by atoms with E-state index in [1.54, 1.807) is 6.20 Å². The Morgan fingerprint density at radius 1 is 1.00 bits per heavy atom. The number of hydrogen-bond acceptors (Lipinski definition) is 2. The first-order valence-corrected chi connectivity index (χ1v) is 4.63. The summed E-state index contributed by atoms with van der Waals surface area (Å²) in [6.45, 7) is 11.2. The van der Waals surface area contributed by atoms with Crippen LogP contribution in [0.15, 0.2) is 18.5 Å². The summed E-state index contributed by atoms with van der Waals surface area (Å²) in [7, 11) is 0. The van der Waals surface area contributed by atoms with Gasteiger partial charge in [-0.15, -0.1) is 0 Å². The predicted molar refractivity (Wildman–Crippen MR) is 54.5 cm³/mol. The maximum absolute atomic E-state index is 3.91. The molecule has 0 N–H and O–H groups in total. The zero-order valence-electron chi connectivity index (χ0n) is 9.13. The van der Waals surface area contributed by atoms with E-state index in [2.05, 4.69) is 44.8 Å². The molecule has 1 rings (SSSR count). The van der Waals surface area contributed by atoms with Gasteiger partial charge in [0.15, 0.2) is 0 Å². The van der Waals surface area contributed by atoms with Gasteiger partial charge in [0.25, 0.3) is 0 Å². The molecule has 13 heavy (non-hydrogen) atoms. The van der Waals surface area contributed by atoms with Crippen molar-refractivity contribution in [2.45, 2.75) is 40.0 Å². The maximum Gasteiger partial charge on any atom is 0.0533 e. The van der Waals surface area contributed by atoms with E-state index in [0.717, 1.165) is 0 Å². The van der Waals surface area contributed by atoms with Crippen LogP contribution in [0.3, 0.4) is 0 Å². The summed E-state index contributed by atoms with van der Waals surface area (Å²) < 4.78 is 0. The molecule has 1 aromatic rings. The zero-order chi connectivity index (χ0) is 10.1. The molecule has 0 aliphatic carbocycles. The Kier molecular flexibility index (Phi) is 2.42. The molecule has 0 aromatic carbocycles. The van der Waals surface area contributed by atoms with Crippen LogP contribution in [0, 0.1) is 5.41 Å². The van der Waals surface area contributed by atoms with E-state index in [4.69, 9.17) is 0 Å². The van der Waals surface area contributed by atoms with E-state index < -0.39 is 0 Å². The van der Waals surface area contributed by atoms with Gasteiger partial charge in [0, 0.05) is 6.20 Å². The van der Waals surface area contributed by atoms with E-state index in [-0.39, 0.29) is 10.8 Å². The minimum atomic E-state index is 0.128. The Bertz CT molecular complexity index is 270. The lowest BCUT2D eigenvalue weighted by Gasteiger charge is -2.38. The predicted octanol–water partition coefficient (Wildman–Crippen LogP) is 2.80. The Balaban J connectivity index is 3.08. The molecule has 0 radical (unpaired) electrons. The molecule has 2 heteroatoms. The molecule has 72 valence electrons. The van der Waals surface area contributed by atoms with Crippen molar-refractivity contribution >= 4 is 0 Å². The fourth-order valence-corrected chi connectivity index (χ4v) is 1.09. The average Bonchev–Trinajstić information content (AvgIpc) is 2.04. The van der Waals surface area contributed by atoms with Gasteiger partial charge in [-0.25, -0.2) is 0 Å². The molecule has 0 bridgehead atoms. The van der Waals surface area contributed by atoms with Crippen LogP contribution in [-0.4, -0.2) is 10.2 Å². The van der Waals surface area contributed by atoms with Gasteiger partial charge in [-0.3, -0.25) is 0 Å². The summed E-state index contributed by atoms with van der Waals surface area (Å²) in [6, 6.07) is 2.04. The number of nitrogens with zero attached hydrogens (tertiary/aromatic N) is 2. The highest BCUT2D eigenvalue weighted by Gasteiger charge is 2.34. The molecule has 0 aliphatic heterocycles. The molecule has 0 atom stereocenters. The molecule has 0 amide bonds. The second-order valence-corrected chi connectivity index (χ2v) is 5.01. The first kappa shape index (κ1) is 10.2. The van der Waals surface area contributed by atoms with Crippen molar-refractivity contribution in [3.05, 3.63) is 24.0 Å². The topological polar surface area (TPSA) is 25.8 Å². The Morgan fingerprint density at radius 2 is 1.62 bits per heavy atom. The van der Waals surface area contributed by atoms with E-state index in [1.807, 2.05) is 12.3 Å². The molecule has 2 nitrogen and oxygen atoms in total. The molecule has 0 spiro atoms. The second-order valence-electron chi connectivity index (χ2n) is 5.01. The third-order valence-corrected chi connectivity index (χ3v) is 3.18. The molecular weight excluding hydrogens is 160 g/mol. The maximum atomic E-state index is 3.91. The van der Waals surface area contributed by atoms with Gasteiger partial charge in [-0.2, -0.15) is 10.2 Å². The summed E-state index contributed by atoms with van der Waals surface area (Å²) in [6.07, 6.45) is 3.61. The van der Waals surface area contributed by atoms with Crippen molar-refractivity contribution in [3.63, 3.8) is 0 Å². The van der Waals surface area contributed by atoms with Gasteiger partial charge < -0.3 is 0 Å². The molecule has 0 fully saturated rings. The lowest BCUT2D eigenvalue weighted by molar-refractivity contribution is 0.224. The van der Waals surface area contributed by atoms with Crippen LogP contribution >= 0.6 is 0 Å². The van der Waals surface area contributed by atoms with Crippen molar-refractivity contribution in [2.75, 3.05) is 0 Å². The highest BCUT2D eigenvalue weighted by atomic mass is 15.1. The Morgan fingerprint density at radius 3 is 2.00 bits per heavy atom. The van der Waals surface area contributed by atoms with Crippen LogP contribution in [0.2, 0.25) is 0 Å². The van der Waals surface area contributed by atoms with Crippen LogP contribution in [0.4, 0.5) is 0 Å². The fraction of sp³-hybridized carbons (Fsp3) is 0.636. The van der Waals surface area contributed by atoms with E-state index in [9.17, 15) is 0 Å². The van der Waals surface area contributed by atoms with Crippen molar-refractivity contribution in [3.8, 4) is 0 Å². The molecule has 0 saturated carbocycles. The number of aromatic nitrogens is 2. The molecular formula is C11H18N2. The van der Waals surface area contributed by atoms with E-state index in [1.165, 1.54) is 5.56 Å². The molecule has 1 aromatic heterocycles. The van der Waals surface area contributed by atoms with E-state index in [0.29, 0.717) is 0 Å². The lowest BCUT2D eigenvalue weighted by atomic mass is 9.66. The van der Waals surface area contributed by atoms with Crippen molar-refractivity contribution < 1.29 is 0 Å². The van der Waals surface area contributed by atoms with Crippen LogP contribution < -0.4 is 0 Å². The minimum absolute atomic E-state index is 0.128. The lowest BCUT2D eigenvalue weighted by Crippen LogP contribution is -2.34. The Hall–Kier alpha value is -0.920. The zero-order valence-corrected chi connectivity index (χ0v) is 9.13. The first-order chi connectivity index (χ1) is 5.86. The van der Waals surface area contributed by atoms with Gasteiger partial charge in [-0.05, 0) is 22.5 Å². The summed E-state index contributed by atoms with van der Waals surface area (Å²) in [5.74, 6) is 0. The Labute approximate surface area is 80.4 Å². The van der Waals surface area contributed by atoms with Gasteiger partial charge in [0.2, 0.25) is 0 Å². The van der Waals surface area contributed by atoms with Crippen molar-refractivity contribution in [2.24, 2.45) is 5.41 Å². The fourth-order valence-electron chi connectivity index (χ4n) is 1.09. The van der Waals surface area contributed by atoms with Crippen LogP contribution in [0.1, 0.15) is 40.2 Å². The third kappa shape index (κ3) is 1.87. The molecule has 0 aliphatic rings. The van der Waals surface area contributed by atoms with Crippen LogP contribution in [0.25, 0.3) is 0 Å². The third-order valence-electron chi connectivity index (χ3n) is 3.18. The highest BCUT2D eigenvalue weighted by Crippen LogP contribution is 2.40. The average molecular weight is 178 g/mol. The molecule has 0 unspecified atom stereocenters. The summed E-state index contributed by atoms with van der Waals surface area (Å²) in [4.78, 5) is 0. The molecule has 0 saturated heterocycles. The minimum Gasteiger partial charge on any atom is -0.159 e. The second kappa shape index (κ2) is 3.09. The number of rotatable bonds is 1. The number of hydrogen-bond donors (Lipinski definition) is 0. The monoisotopic (exact) mass is 178 g/mol. The SMILES string of the molecule is CC(C)(C)C(C)(C)c1ccnnc1. The van der Waals surface area contributed by atoms with Gasteiger partial charge >= 0.3 is 0 Å². The van der Waals surface area contributed by atoms with Crippen molar-refractivity contribution in [1.82, 2.24) is 10.2 Å². The quantitative estimate of drug-likeness (QED) is 0.661. The van der Waals surface area contributed by atoms with E-state index >= 15 is 0 Å². The summed E-state index contributed by atoms with van der Waals surface area (Å²) in [5, 5.41) is 7.71. The standard InChI is InChI=1S/C11H18N2/c1-10(2,3)11(4,5)9-6-7-12-13-8-9/h6-8H,1-5H3. The largest absolute Gasteiger partial charge is 0.159 e. The smallest absolute Gasteiger partial charge is 0.0533 e. The van der Waals surface area contributed by atoms with Crippen LogP contribution in [-0.2, 0) is 5.41 Å².